The molecule has 270 valence electrons. The van der Waals surface area contributed by atoms with Crippen molar-refractivity contribution in [3.63, 3.8) is 0 Å². The molecule has 0 atom stereocenters. The normalized spacial score (nSPS) is 13.2. The van der Waals surface area contributed by atoms with Crippen LogP contribution in [0.15, 0.2) is 210 Å². The Morgan fingerprint density at radius 1 is 0.362 bits per heavy atom. The molecule has 2 aliphatic rings. The van der Waals surface area contributed by atoms with Gasteiger partial charge in [0, 0.05) is 49.8 Å². The van der Waals surface area contributed by atoms with Crippen LogP contribution in [0.3, 0.4) is 0 Å². The topological polar surface area (TPSA) is 38.7 Å². The minimum Gasteiger partial charge on any atom is -0.263 e. The first-order valence-electron chi connectivity index (χ1n) is 19.7. The molecule has 8 aromatic carbocycles. The lowest BCUT2D eigenvalue weighted by atomic mass is 9.67. The van der Waals surface area contributed by atoms with Crippen LogP contribution >= 0.6 is 11.8 Å². The van der Waals surface area contributed by atoms with Crippen molar-refractivity contribution in [3.8, 4) is 56.2 Å². The number of nitrogens with zero attached hydrogens (tertiary/aromatic N) is 3. The SMILES string of the molecule is c1ccc(-c2cc(-c3cccc4ccccc34)nc(-c3ccc4c(c3)-c3cc(-c5cncc6ccccc56)ccc3C43c4ccccc4Sc4ccccc43)n2)cc1. The largest absolute Gasteiger partial charge is 0.263 e. The lowest BCUT2D eigenvalue weighted by Crippen LogP contribution is -2.31. The van der Waals surface area contributed by atoms with Gasteiger partial charge < -0.3 is 0 Å². The number of hydrogen-bond acceptors (Lipinski definition) is 4. The minimum atomic E-state index is -0.502. The van der Waals surface area contributed by atoms with Crippen molar-refractivity contribution >= 4 is 33.3 Å². The van der Waals surface area contributed by atoms with Gasteiger partial charge >= 0.3 is 0 Å². The molecule has 1 spiro atoms. The predicted molar refractivity (Wildman–Crippen MR) is 238 cm³/mol. The van der Waals surface area contributed by atoms with Gasteiger partial charge in [-0.2, -0.15) is 0 Å². The van der Waals surface area contributed by atoms with Crippen LogP contribution in [-0.4, -0.2) is 15.0 Å². The van der Waals surface area contributed by atoms with E-state index in [4.69, 9.17) is 9.97 Å². The molecule has 0 saturated carbocycles. The van der Waals surface area contributed by atoms with Crippen molar-refractivity contribution in [2.45, 2.75) is 15.2 Å². The van der Waals surface area contributed by atoms with Gasteiger partial charge in [-0.3, -0.25) is 4.98 Å². The third-order valence-corrected chi connectivity index (χ3v) is 13.2. The predicted octanol–water partition coefficient (Wildman–Crippen LogP) is 13.7. The molecule has 2 aromatic heterocycles. The first kappa shape index (κ1) is 33.0. The molecule has 0 amide bonds. The summed E-state index contributed by atoms with van der Waals surface area (Å²) in [7, 11) is 0. The van der Waals surface area contributed by atoms with Crippen LogP contribution in [0.2, 0.25) is 0 Å². The molecule has 58 heavy (non-hydrogen) atoms. The number of benzene rings is 8. The number of aromatic nitrogens is 3. The van der Waals surface area contributed by atoms with Crippen molar-refractivity contribution in [3.05, 3.63) is 223 Å². The first-order chi connectivity index (χ1) is 28.7. The first-order valence-corrected chi connectivity index (χ1v) is 20.5. The smallest absolute Gasteiger partial charge is 0.160 e. The van der Waals surface area contributed by atoms with Gasteiger partial charge in [-0.1, -0.05) is 169 Å². The highest BCUT2D eigenvalue weighted by molar-refractivity contribution is 7.99. The highest BCUT2D eigenvalue weighted by atomic mass is 32.2. The zero-order chi connectivity index (χ0) is 38.2. The minimum absolute atomic E-state index is 0.502. The quantitative estimate of drug-likeness (QED) is 0.179. The maximum atomic E-state index is 5.38. The zero-order valence-corrected chi connectivity index (χ0v) is 32.1. The van der Waals surface area contributed by atoms with Crippen molar-refractivity contribution < 1.29 is 0 Å². The van der Waals surface area contributed by atoms with Crippen LogP contribution in [0.4, 0.5) is 0 Å². The standard InChI is InChI=1S/C54H33N3S/c1-2-14-35(15-3-1)49-31-50(41-20-12-17-34-13-4-6-18-39(34)41)57-53(56-49)37-26-28-46-43(30-37)42-29-36(44-33-55-32-38-16-5-7-19-40(38)44)25-27-45(42)54(46)47-21-8-10-23-51(47)58-52-24-11-9-22-48(52)54/h1-33H. The fourth-order valence-corrected chi connectivity index (χ4v) is 10.7. The van der Waals surface area contributed by atoms with E-state index in [0.717, 1.165) is 44.6 Å². The molecule has 3 nitrogen and oxygen atoms in total. The summed E-state index contributed by atoms with van der Waals surface area (Å²) in [5, 5.41) is 4.67. The molecule has 1 aliphatic heterocycles. The van der Waals surface area contributed by atoms with Crippen LogP contribution in [0, 0.1) is 0 Å². The third kappa shape index (κ3) is 4.92. The second-order valence-electron chi connectivity index (χ2n) is 15.1. The van der Waals surface area contributed by atoms with Gasteiger partial charge in [0.15, 0.2) is 5.82 Å². The molecule has 12 rings (SSSR count). The number of pyridine rings is 1. The summed E-state index contributed by atoms with van der Waals surface area (Å²) in [6.07, 6.45) is 3.96. The zero-order valence-electron chi connectivity index (χ0n) is 31.3. The van der Waals surface area contributed by atoms with Gasteiger partial charge in [-0.05, 0) is 85.4 Å². The maximum absolute atomic E-state index is 5.38. The Hall–Kier alpha value is -7.14. The molecule has 4 heteroatoms. The van der Waals surface area contributed by atoms with Gasteiger partial charge in [-0.15, -0.1) is 0 Å². The van der Waals surface area contributed by atoms with E-state index >= 15 is 0 Å². The Balaban J connectivity index is 1.13. The monoisotopic (exact) mass is 755 g/mol. The van der Waals surface area contributed by atoms with E-state index in [9.17, 15) is 0 Å². The fourth-order valence-electron chi connectivity index (χ4n) is 9.48. The van der Waals surface area contributed by atoms with Crippen LogP contribution in [-0.2, 0) is 5.41 Å². The summed E-state index contributed by atoms with van der Waals surface area (Å²) in [4.78, 5) is 18.0. The molecule has 0 bridgehead atoms. The average Bonchev–Trinajstić information content (AvgIpc) is 3.58. The summed E-state index contributed by atoms with van der Waals surface area (Å²) in [6, 6.07) is 68.0. The van der Waals surface area contributed by atoms with E-state index in [1.165, 1.54) is 59.3 Å². The Bertz CT molecular complexity index is 3220. The third-order valence-electron chi connectivity index (χ3n) is 12.0. The summed E-state index contributed by atoms with van der Waals surface area (Å²) in [5.41, 5.74) is 14.3. The van der Waals surface area contributed by atoms with Crippen molar-refractivity contribution in [1.82, 2.24) is 15.0 Å². The summed E-state index contributed by atoms with van der Waals surface area (Å²) in [5.74, 6) is 0.698. The Labute approximate surface area is 340 Å². The summed E-state index contributed by atoms with van der Waals surface area (Å²) in [6.45, 7) is 0. The van der Waals surface area contributed by atoms with Gasteiger partial charge in [0.25, 0.3) is 0 Å². The molecule has 3 heterocycles. The van der Waals surface area contributed by atoms with Crippen LogP contribution in [0.5, 0.6) is 0 Å². The van der Waals surface area contributed by atoms with Crippen molar-refractivity contribution in [2.75, 3.05) is 0 Å². The summed E-state index contributed by atoms with van der Waals surface area (Å²) < 4.78 is 0. The lowest BCUT2D eigenvalue weighted by molar-refractivity contribution is 0.722. The van der Waals surface area contributed by atoms with Crippen molar-refractivity contribution in [1.29, 1.82) is 0 Å². The Morgan fingerprint density at radius 2 is 0.948 bits per heavy atom. The molecular formula is C54H33N3S. The highest BCUT2D eigenvalue weighted by Gasteiger charge is 2.50. The van der Waals surface area contributed by atoms with Crippen LogP contribution in [0.1, 0.15) is 22.3 Å². The number of fused-ring (bicyclic) bond motifs is 11. The van der Waals surface area contributed by atoms with E-state index in [0.29, 0.717) is 5.82 Å². The Morgan fingerprint density at radius 3 is 1.71 bits per heavy atom. The fraction of sp³-hybridized carbons (Fsp3) is 0.0185. The molecule has 0 saturated heterocycles. The van der Waals surface area contributed by atoms with Crippen LogP contribution in [0.25, 0.3) is 77.7 Å². The van der Waals surface area contributed by atoms with Crippen LogP contribution < -0.4 is 0 Å². The van der Waals surface area contributed by atoms with E-state index in [-0.39, 0.29) is 0 Å². The second kappa shape index (κ2) is 13.0. The van der Waals surface area contributed by atoms with Gasteiger partial charge in [0.2, 0.25) is 0 Å². The molecule has 0 N–H and O–H groups in total. The van der Waals surface area contributed by atoms with E-state index < -0.39 is 5.41 Å². The highest BCUT2D eigenvalue weighted by Crippen LogP contribution is 2.62. The van der Waals surface area contributed by atoms with E-state index in [2.05, 4.69) is 187 Å². The molecular weight excluding hydrogens is 723 g/mol. The van der Waals surface area contributed by atoms with Gasteiger partial charge in [0.05, 0.1) is 16.8 Å². The second-order valence-corrected chi connectivity index (χ2v) is 16.2. The van der Waals surface area contributed by atoms with Gasteiger partial charge in [-0.25, -0.2) is 9.97 Å². The average molecular weight is 756 g/mol. The molecule has 0 unspecified atom stereocenters. The molecule has 0 radical (unpaired) electrons. The maximum Gasteiger partial charge on any atom is 0.160 e. The lowest BCUT2D eigenvalue weighted by Gasteiger charge is -2.39. The molecule has 10 aromatic rings. The number of rotatable bonds is 4. The van der Waals surface area contributed by atoms with Crippen molar-refractivity contribution in [2.24, 2.45) is 0 Å². The Kier molecular flexibility index (Phi) is 7.38. The summed E-state index contributed by atoms with van der Waals surface area (Å²) >= 11 is 1.87. The molecule has 0 fully saturated rings. The van der Waals surface area contributed by atoms with Gasteiger partial charge in [0.1, 0.15) is 0 Å². The number of hydrogen-bond donors (Lipinski definition) is 0. The van der Waals surface area contributed by atoms with E-state index in [1.54, 1.807) is 0 Å². The van der Waals surface area contributed by atoms with E-state index in [1.807, 2.05) is 30.2 Å². The molecule has 1 aliphatic carbocycles.